The summed E-state index contributed by atoms with van der Waals surface area (Å²) in [5, 5.41) is 0. The summed E-state index contributed by atoms with van der Waals surface area (Å²) in [4.78, 5) is 0. The average molecular weight is 333 g/mol. The first kappa shape index (κ1) is 15.2. The highest BCUT2D eigenvalue weighted by Gasteiger charge is 2.13. The molecule has 0 fully saturated rings. The maximum absolute atomic E-state index is 5.77. The zero-order valence-electron chi connectivity index (χ0n) is 12.2. The SMILES string of the molecule is Cc1cc(Br)cc(C(NN)c2ccc(C(C)C)cc2)c1. The minimum absolute atomic E-state index is 0.00686. The van der Waals surface area contributed by atoms with Gasteiger partial charge in [0, 0.05) is 4.47 Å². The standard InChI is InChI=1S/C17H21BrN2/c1-11(2)13-4-6-14(7-5-13)17(20-19)15-8-12(3)9-16(18)10-15/h4-11,17,20H,19H2,1-3H3. The average Bonchev–Trinajstić information content (AvgIpc) is 2.39. The largest absolute Gasteiger partial charge is 0.271 e. The second-order valence-corrected chi connectivity index (χ2v) is 6.40. The van der Waals surface area contributed by atoms with Gasteiger partial charge in [0.05, 0.1) is 6.04 Å². The van der Waals surface area contributed by atoms with E-state index in [2.05, 4.69) is 84.6 Å². The lowest BCUT2D eigenvalue weighted by molar-refractivity contribution is 0.635. The van der Waals surface area contributed by atoms with Crippen molar-refractivity contribution in [1.29, 1.82) is 0 Å². The number of rotatable bonds is 4. The van der Waals surface area contributed by atoms with Gasteiger partial charge in [-0.15, -0.1) is 0 Å². The molecule has 0 heterocycles. The molecule has 20 heavy (non-hydrogen) atoms. The first-order valence-corrected chi connectivity index (χ1v) is 7.63. The minimum atomic E-state index is 0.00686. The number of nitrogens with two attached hydrogens (primary N) is 1. The van der Waals surface area contributed by atoms with Crippen LogP contribution in [0.25, 0.3) is 0 Å². The monoisotopic (exact) mass is 332 g/mol. The van der Waals surface area contributed by atoms with Crippen LogP contribution in [0.3, 0.4) is 0 Å². The molecule has 2 nitrogen and oxygen atoms in total. The van der Waals surface area contributed by atoms with Crippen LogP contribution in [0.2, 0.25) is 0 Å². The van der Waals surface area contributed by atoms with Crippen molar-refractivity contribution in [3.05, 3.63) is 69.2 Å². The fourth-order valence-electron chi connectivity index (χ4n) is 2.39. The molecule has 0 aromatic heterocycles. The van der Waals surface area contributed by atoms with Crippen molar-refractivity contribution in [3.8, 4) is 0 Å². The van der Waals surface area contributed by atoms with Crippen LogP contribution in [0, 0.1) is 6.92 Å². The van der Waals surface area contributed by atoms with Gasteiger partial charge in [-0.25, -0.2) is 5.43 Å². The number of aryl methyl sites for hydroxylation is 1. The summed E-state index contributed by atoms with van der Waals surface area (Å²) in [5.41, 5.74) is 7.81. The lowest BCUT2D eigenvalue weighted by atomic mass is 9.95. The third-order valence-electron chi connectivity index (χ3n) is 3.50. The summed E-state index contributed by atoms with van der Waals surface area (Å²) in [5.74, 6) is 6.31. The van der Waals surface area contributed by atoms with E-state index >= 15 is 0 Å². The van der Waals surface area contributed by atoms with Crippen molar-refractivity contribution in [1.82, 2.24) is 5.43 Å². The van der Waals surface area contributed by atoms with E-state index in [0.717, 1.165) is 10.0 Å². The fraction of sp³-hybridized carbons (Fsp3) is 0.294. The van der Waals surface area contributed by atoms with E-state index in [4.69, 9.17) is 5.84 Å². The molecule has 1 unspecified atom stereocenters. The van der Waals surface area contributed by atoms with E-state index in [-0.39, 0.29) is 6.04 Å². The van der Waals surface area contributed by atoms with Crippen LogP contribution < -0.4 is 11.3 Å². The van der Waals surface area contributed by atoms with Crippen LogP contribution in [0.1, 0.15) is 48.1 Å². The van der Waals surface area contributed by atoms with Crippen molar-refractivity contribution < 1.29 is 0 Å². The normalized spacial score (nSPS) is 12.7. The van der Waals surface area contributed by atoms with E-state index in [1.54, 1.807) is 0 Å². The van der Waals surface area contributed by atoms with Gasteiger partial charge in [-0.05, 0) is 47.2 Å². The second-order valence-electron chi connectivity index (χ2n) is 5.48. The molecule has 0 bridgehead atoms. The Hall–Kier alpha value is -1.16. The Morgan fingerprint density at radius 2 is 1.55 bits per heavy atom. The van der Waals surface area contributed by atoms with Gasteiger partial charge < -0.3 is 0 Å². The topological polar surface area (TPSA) is 38.0 Å². The molecule has 2 rings (SSSR count). The number of hydrogen-bond donors (Lipinski definition) is 2. The maximum atomic E-state index is 5.77. The van der Waals surface area contributed by atoms with Crippen molar-refractivity contribution >= 4 is 15.9 Å². The minimum Gasteiger partial charge on any atom is -0.271 e. The van der Waals surface area contributed by atoms with Crippen molar-refractivity contribution in [3.63, 3.8) is 0 Å². The lowest BCUT2D eigenvalue weighted by Crippen LogP contribution is -2.28. The molecule has 0 radical (unpaired) electrons. The quantitative estimate of drug-likeness (QED) is 0.641. The van der Waals surface area contributed by atoms with Crippen LogP contribution in [0.15, 0.2) is 46.9 Å². The van der Waals surface area contributed by atoms with Crippen molar-refractivity contribution in [2.24, 2.45) is 5.84 Å². The molecule has 0 amide bonds. The Morgan fingerprint density at radius 1 is 0.950 bits per heavy atom. The molecule has 3 heteroatoms. The summed E-state index contributed by atoms with van der Waals surface area (Å²) in [6.45, 7) is 6.49. The second kappa shape index (κ2) is 6.53. The molecule has 3 N–H and O–H groups in total. The van der Waals surface area contributed by atoms with E-state index in [1.165, 1.54) is 16.7 Å². The zero-order valence-corrected chi connectivity index (χ0v) is 13.7. The molecule has 0 saturated carbocycles. The molecular weight excluding hydrogens is 312 g/mol. The molecule has 2 aromatic rings. The van der Waals surface area contributed by atoms with Crippen LogP contribution in [0.4, 0.5) is 0 Å². The smallest absolute Gasteiger partial charge is 0.0710 e. The highest BCUT2D eigenvalue weighted by molar-refractivity contribution is 9.10. The Morgan fingerprint density at radius 3 is 2.05 bits per heavy atom. The molecule has 0 aliphatic heterocycles. The summed E-state index contributed by atoms with van der Waals surface area (Å²) < 4.78 is 1.08. The van der Waals surface area contributed by atoms with Gasteiger partial charge in [0.1, 0.15) is 0 Å². The highest BCUT2D eigenvalue weighted by atomic mass is 79.9. The predicted octanol–water partition coefficient (Wildman–Crippen LogP) is 4.43. The molecular formula is C17H21BrN2. The van der Waals surface area contributed by atoms with Crippen LogP contribution in [-0.4, -0.2) is 0 Å². The van der Waals surface area contributed by atoms with E-state index in [1.807, 2.05) is 0 Å². The molecule has 0 spiro atoms. The number of hydrazine groups is 1. The van der Waals surface area contributed by atoms with Crippen LogP contribution >= 0.6 is 15.9 Å². The fourth-order valence-corrected chi connectivity index (χ4v) is 3.01. The summed E-state index contributed by atoms with van der Waals surface area (Å²) in [6.07, 6.45) is 0. The Bertz CT molecular complexity index is 556. The third kappa shape index (κ3) is 3.48. The van der Waals surface area contributed by atoms with Gasteiger partial charge in [-0.3, -0.25) is 5.84 Å². The summed E-state index contributed by atoms with van der Waals surface area (Å²) in [6, 6.07) is 15.0. The number of nitrogens with one attached hydrogen (secondary N) is 1. The van der Waals surface area contributed by atoms with Crippen molar-refractivity contribution in [2.75, 3.05) is 0 Å². The van der Waals surface area contributed by atoms with Gasteiger partial charge >= 0.3 is 0 Å². The molecule has 0 aliphatic carbocycles. The van der Waals surface area contributed by atoms with E-state index in [0.29, 0.717) is 5.92 Å². The third-order valence-corrected chi connectivity index (χ3v) is 3.96. The molecule has 1 atom stereocenters. The van der Waals surface area contributed by atoms with Gasteiger partial charge in [0.15, 0.2) is 0 Å². The number of hydrogen-bond acceptors (Lipinski definition) is 2. The molecule has 106 valence electrons. The Kier molecular flexibility index (Phi) is 4.97. The first-order valence-electron chi connectivity index (χ1n) is 6.84. The Labute approximate surface area is 129 Å². The van der Waals surface area contributed by atoms with Gasteiger partial charge in [0.2, 0.25) is 0 Å². The van der Waals surface area contributed by atoms with Crippen LogP contribution in [0.5, 0.6) is 0 Å². The zero-order chi connectivity index (χ0) is 14.7. The molecule has 0 aliphatic rings. The highest BCUT2D eigenvalue weighted by Crippen LogP contribution is 2.26. The predicted molar refractivity (Wildman–Crippen MR) is 88.6 cm³/mol. The maximum Gasteiger partial charge on any atom is 0.0710 e. The van der Waals surface area contributed by atoms with Gasteiger partial charge in [0.25, 0.3) is 0 Å². The van der Waals surface area contributed by atoms with Gasteiger partial charge in [-0.2, -0.15) is 0 Å². The number of halogens is 1. The summed E-state index contributed by atoms with van der Waals surface area (Å²) in [7, 11) is 0. The molecule has 2 aromatic carbocycles. The van der Waals surface area contributed by atoms with Crippen LogP contribution in [-0.2, 0) is 0 Å². The first-order chi connectivity index (χ1) is 9.51. The van der Waals surface area contributed by atoms with E-state index in [9.17, 15) is 0 Å². The lowest BCUT2D eigenvalue weighted by Gasteiger charge is -2.19. The summed E-state index contributed by atoms with van der Waals surface area (Å²) >= 11 is 3.55. The van der Waals surface area contributed by atoms with E-state index < -0.39 is 0 Å². The number of benzene rings is 2. The molecule has 0 saturated heterocycles. The van der Waals surface area contributed by atoms with Crippen molar-refractivity contribution in [2.45, 2.75) is 32.7 Å². The van der Waals surface area contributed by atoms with Gasteiger partial charge in [-0.1, -0.05) is 60.1 Å². The Balaban J connectivity index is 2.36.